The minimum Gasteiger partial charge on any atom is -0.324 e. The van der Waals surface area contributed by atoms with Crippen molar-refractivity contribution in [1.29, 1.82) is 0 Å². The largest absolute Gasteiger partial charge is 0.324 e. The highest BCUT2D eigenvalue weighted by Crippen LogP contribution is 2.30. The van der Waals surface area contributed by atoms with E-state index in [0.29, 0.717) is 27.3 Å². The predicted octanol–water partition coefficient (Wildman–Crippen LogP) is 6.35. The average molecular weight is 489 g/mol. The van der Waals surface area contributed by atoms with Crippen LogP contribution < -0.4 is 5.32 Å². The first-order valence-electron chi connectivity index (χ1n) is 9.46. The number of nitrogens with zero attached hydrogens (tertiary/aromatic N) is 3. The zero-order chi connectivity index (χ0) is 21.8. The Morgan fingerprint density at radius 2 is 1.94 bits per heavy atom. The zero-order valence-electron chi connectivity index (χ0n) is 16.5. The number of hydrogen-bond donors (Lipinski definition) is 1. The van der Waals surface area contributed by atoms with Crippen LogP contribution in [0.5, 0.6) is 0 Å². The van der Waals surface area contributed by atoms with Crippen molar-refractivity contribution in [2.45, 2.75) is 23.8 Å². The molecule has 1 N–H and O–H groups in total. The molecule has 1 atom stereocenters. The summed E-state index contributed by atoms with van der Waals surface area (Å²) in [6, 6.07) is 19.0. The number of para-hydroxylation sites is 1. The average Bonchev–Trinajstić information content (AvgIpc) is 3.41. The van der Waals surface area contributed by atoms with E-state index in [1.165, 1.54) is 16.6 Å². The van der Waals surface area contributed by atoms with Crippen LogP contribution in [0.3, 0.4) is 0 Å². The summed E-state index contributed by atoms with van der Waals surface area (Å²) >= 11 is 15.2. The summed E-state index contributed by atoms with van der Waals surface area (Å²) in [5, 5.41) is 14.8. The number of thiophene rings is 1. The minimum absolute atomic E-state index is 0.198. The van der Waals surface area contributed by atoms with Gasteiger partial charge in [0.05, 0.1) is 16.0 Å². The Hall–Kier alpha value is -2.32. The highest BCUT2D eigenvalue weighted by molar-refractivity contribution is 8.00. The van der Waals surface area contributed by atoms with Gasteiger partial charge in [-0.25, -0.2) is 0 Å². The molecule has 0 fully saturated rings. The molecule has 1 amide bonds. The third-order valence-corrected chi connectivity index (χ3v) is 6.95. The molecule has 158 valence electrons. The number of hydrogen-bond acceptors (Lipinski definition) is 5. The van der Waals surface area contributed by atoms with Gasteiger partial charge in [-0.15, -0.1) is 21.5 Å². The normalized spacial score (nSPS) is 12.0. The van der Waals surface area contributed by atoms with Gasteiger partial charge in [-0.1, -0.05) is 59.2 Å². The van der Waals surface area contributed by atoms with Crippen molar-refractivity contribution in [1.82, 2.24) is 14.8 Å². The summed E-state index contributed by atoms with van der Waals surface area (Å²) in [5.41, 5.74) is 1.43. The monoisotopic (exact) mass is 488 g/mol. The van der Waals surface area contributed by atoms with Crippen molar-refractivity contribution >= 4 is 57.9 Å². The molecule has 2 aromatic heterocycles. The molecule has 0 saturated heterocycles. The lowest BCUT2D eigenvalue weighted by atomic mass is 10.3. The van der Waals surface area contributed by atoms with Gasteiger partial charge in [0.1, 0.15) is 5.82 Å². The molecule has 2 heterocycles. The fourth-order valence-electron chi connectivity index (χ4n) is 2.94. The van der Waals surface area contributed by atoms with Crippen molar-refractivity contribution < 1.29 is 4.79 Å². The van der Waals surface area contributed by atoms with Gasteiger partial charge >= 0.3 is 0 Å². The Morgan fingerprint density at radius 3 is 2.68 bits per heavy atom. The van der Waals surface area contributed by atoms with Crippen LogP contribution >= 0.6 is 46.3 Å². The number of nitrogens with one attached hydrogen (secondary N) is 1. The number of halogens is 2. The number of anilines is 1. The predicted molar refractivity (Wildman–Crippen MR) is 129 cm³/mol. The molecule has 1 unspecified atom stereocenters. The second-order valence-corrected chi connectivity index (χ2v) is 9.88. The fourth-order valence-corrected chi connectivity index (χ4v) is 4.86. The molecule has 31 heavy (non-hydrogen) atoms. The number of amides is 1. The van der Waals surface area contributed by atoms with Gasteiger partial charge in [-0.05, 0) is 48.7 Å². The van der Waals surface area contributed by atoms with Gasteiger partial charge in [0, 0.05) is 22.0 Å². The second-order valence-electron chi connectivity index (χ2n) is 6.70. The first-order valence-corrected chi connectivity index (χ1v) is 12.0. The van der Waals surface area contributed by atoms with Gasteiger partial charge in [0.15, 0.2) is 5.16 Å². The van der Waals surface area contributed by atoms with Crippen molar-refractivity contribution in [3.05, 3.63) is 86.8 Å². The van der Waals surface area contributed by atoms with Crippen LogP contribution in [-0.4, -0.2) is 25.9 Å². The Kier molecular flexibility index (Phi) is 6.97. The topological polar surface area (TPSA) is 59.8 Å². The molecule has 5 nitrogen and oxygen atoms in total. The highest BCUT2D eigenvalue weighted by atomic mass is 35.5. The van der Waals surface area contributed by atoms with Crippen LogP contribution in [0.15, 0.2) is 71.2 Å². The van der Waals surface area contributed by atoms with E-state index in [9.17, 15) is 4.79 Å². The van der Waals surface area contributed by atoms with E-state index < -0.39 is 5.25 Å². The van der Waals surface area contributed by atoms with Gasteiger partial charge in [0.2, 0.25) is 5.91 Å². The molecule has 0 bridgehead atoms. The SMILES string of the molecule is CC(Sc1nnc(Cc2cccs2)n1-c1ccccc1)C(=O)Nc1cc(Cl)ccc1Cl. The molecular weight excluding hydrogens is 471 g/mol. The van der Waals surface area contributed by atoms with Crippen LogP contribution in [0, 0.1) is 0 Å². The van der Waals surface area contributed by atoms with Crippen LogP contribution in [-0.2, 0) is 11.2 Å². The maximum Gasteiger partial charge on any atom is 0.237 e. The van der Waals surface area contributed by atoms with Crippen LogP contribution in [0.2, 0.25) is 10.0 Å². The van der Waals surface area contributed by atoms with E-state index in [1.807, 2.05) is 53.3 Å². The van der Waals surface area contributed by atoms with E-state index in [0.717, 1.165) is 11.5 Å². The van der Waals surface area contributed by atoms with E-state index in [1.54, 1.807) is 29.5 Å². The molecule has 0 aliphatic carbocycles. The molecule has 9 heteroatoms. The summed E-state index contributed by atoms with van der Waals surface area (Å²) < 4.78 is 2.00. The Labute approximate surface area is 198 Å². The molecule has 0 spiro atoms. The first-order chi connectivity index (χ1) is 15.0. The second kappa shape index (κ2) is 9.87. The standard InChI is InChI=1S/C22H18Cl2N4OS2/c1-14(21(29)25-19-12-15(23)9-10-18(19)24)31-22-27-26-20(13-17-8-5-11-30-17)28(22)16-6-3-2-4-7-16/h2-12,14H,13H2,1H3,(H,25,29). The first kappa shape index (κ1) is 21.9. The van der Waals surface area contributed by atoms with Gasteiger partial charge < -0.3 is 5.32 Å². The molecule has 2 aromatic carbocycles. The molecule has 0 aliphatic heterocycles. The van der Waals surface area contributed by atoms with E-state index >= 15 is 0 Å². The van der Waals surface area contributed by atoms with Gasteiger partial charge in [-0.2, -0.15) is 0 Å². The molecule has 0 radical (unpaired) electrons. The van der Waals surface area contributed by atoms with E-state index in [2.05, 4.69) is 21.6 Å². The summed E-state index contributed by atoms with van der Waals surface area (Å²) in [5.74, 6) is 0.623. The minimum atomic E-state index is -0.434. The lowest BCUT2D eigenvalue weighted by Gasteiger charge is -2.14. The maximum atomic E-state index is 12.8. The number of rotatable bonds is 7. The summed E-state index contributed by atoms with van der Waals surface area (Å²) in [6.45, 7) is 1.82. The highest BCUT2D eigenvalue weighted by Gasteiger charge is 2.22. The quantitative estimate of drug-likeness (QED) is 0.308. The van der Waals surface area contributed by atoms with Crippen molar-refractivity contribution in [3.63, 3.8) is 0 Å². The smallest absolute Gasteiger partial charge is 0.237 e. The van der Waals surface area contributed by atoms with Crippen molar-refractivity contribution in [2.24, 2.45) is 0 Å². The van der Waals surface area contributed by atoms with Crippen LogP contribution in [0.1, 0.15) is 17.6 Å². The van der Waals surface area contributed by atoms with Gasteiger partial charge in [-0.3, -0.25) is 9.36 Å². The molecule has 4 aromatic rings. The lowest BCUT2D eigenvalue weighted by molar-refractivity contribution is -0.115. The molecular formula is C22H18Cl2N4OS2. The lowest BCUT2D eigenvalue weighted by Crippen LogP contribution is -2.23. The van der Waals surface area contributed by atoms with Gasteiger partial charge in [0.25, 0.3) is 0 Å². The summed E-state index contributed by atoms with van der Waals surface area (Å²) in [4.78, 5) is 14.0. The Morgan fingerprint density at radius 1 is 1.13 bits per heavy atom. The van der Waals surface area contributed by atoms with Crippen LogP contribution in [0.25, 0.3) is 5.69 Å². The molecule has 4 rings (SSSR count). The number of benzene rings is 2. The Balaban J connectivity index is 1.58. The molecule has 0 saturated carbocycles. The molecule has 0 aliphatic rings. The Bertz CT molecular complexity index is 1180. The van der Waals surface area contributed by atoms with Crippen molar-refractivity contribution in [2.75, 3.05) is 5.32 Å². The number of carbonyl (C=O) groups excluding carboxylic acids is 1. The third-order valence-electron chi connectivity index (χ3n) is 4.46. The number of aromatic nitrogens is 3. The summed E-state index contributed by atoms with van der Waals surface area (Å²) in [6.07, 6.45) is 0.665. The number of thioether (sulfide) groups is 1. The maximum absolute atomic E-state index is 12.8. The number of carbonyl (C=O) groups is 1. The van der Waals surface area contributed by atoms with Crippen LogP contribution in [0.4, 0.5) is 5.69 Å². The fraction of sp³-hybridized carbons (Fsp3) is 0.136. The summed E-state index contributed by atoms with van der Waals surface area (Å²) in [7, 11) is 0. The van der Waals surface area contributed by atoms with E-state index in [4.69, 9.17) is 23.2 Å². The third kappa shape index (κ3) is 5.30. The zero-order valence-corrected chi connectivity index (χ0v) is 19.6. The van der Waals surface area contributed by atoms with E-state index in [-0.39, 0.29) is 5.91 Å². The van der Waals surface area contributed by atoms with Crippen molar-refractivity contribution in [3.8, 4) is 5.69 Å².